The van der Waals surface area contributed by atoms with Crippen LogP contribution in [0.3, 0.4) is 0 Å². The van der Waals surface area contributed by atoms with Crippen molar-refractivity contribution in [1.82, 2.24) is 4.90 Å². The second kappa shape index (κ2) is 5.38. The summed E-state index contributed by atoms with van der Waals surface area (Å²) in [6, 6.07) is 2.06. The van der Waals surface area contributed by atoms with E-state index in [1.807, 2.05) is 4.90 Å². The molecule has 5 heteroatoms. The van der Waals surface area contributed by atoms with Gasteiger partial charge in [0.05, 0.1) is 12.6 Å². The number of thiophene rings is 1. The number of methoxy groups -OCH3 is 1. The molecule has 0 spiro atoms. The Bertz CT molecular complexity index is 444. The molecule has 0 radical (unpaired) electrons. The van der Waals surface area contributed by atoms with E-state index in [-0.39, 0.29) is 18.0 Å². The first-order chi connectivity index (χ1) is 8.54. The summed E-state index contributed by atoms with van der Waals surface area (Å²) in [5.74, 6) is 0.132. The van der Waals surface area contributed by atoms with Crippen LogP contribution in [-0.4, -0.2) is 37.1 Å². The number of nitrogens with two attached hydrogens (primary N) is 1. The third kappa shape index (κ3) is 2.43. The highest BCUT2D eigenvalue weighted by Gasteiger charge is 2.39. The average Bonchev–Trinajstić information content (AvgIpc) is 2.75. The van der Waals surface area contributed by atoms with Crippen LogP contribution in [0.25, 0.3) is 0 Å². The van der Waals surface area contributed by atoms with Gasteiger partial charge in [0.25, 0.3) is 0 Å². The van der Waals surface area contributed by atoms with Crippen molar-refractivity contribution in [1.29, 1.82) is 0 Å². The molecule has 2 rings (SSSR count). The molecule has 1 aliphatic heterocycles. The quantitative estimate of drug-likeness (QED) is 0.902. The third-order valence-electron chi connectivity index (χ3n) is 3.41. The Balaban J connectivity index is 2.27. The van der Waals surface area contributed by atoms with Gasteiger partial charge in [-0.3, -0.25) is 4.79 Å². The number of hydrogen-bond acceptors (Lipinski definition) is 4. The summed E-state index contributed by atoms with van der Waals surface area (Å²) in [4.78, 5) is 16.4. The molecule has 1 aliphatic rings. The van der Waals surface area contributed by atoms with Crippen molar-refractivity contribution in [2.45, 2.75) is 32.4 Å². The highest BCUT2D eigenvalue weighted by Crippen LogP contribution is 2.36. The molecule has 100 valence electrons. The number of carbonyl (C=O) groups excluding carboxylic acids is 1. The minimum atomic E-state index is -0.109. The van der Waals surface area contributed by atoms with Gasteiger partial charge in [0.1, 0.15) is 0 Å². The third-order valence-corrected chi connectivity index (χ3v) is 4.39. The van der Waals surface area contributed by atoms with Gasteiger partial charge < -0.3 is 15.4 Å². The molecule has 1 fully saturated rings. The van der Waals surface area contributed by atoms with Crippen molar-refractivity contribution >= 4 is 17.2 Å². The lowest BCUT2D eigenvalue weighted by molar-refractivity contribution is -0.129. The minimum Gasteiger partial charge on any atom is -0.383 e. The Kier molecular flexibility index (Phi) is 4.04. The van der Waals surface area contributed by atoms with E-state index in [1.165, 1.54) is 15.3 Å². The van der Waals surface area contributed by atoms with Gasteiger partial charge in [-0.15, -0.1) is 11.3 Å². The fraction of sp³-hybridized carbons (Fsp3) is 0.615. The van der Waals surface area contributed by atoms with Crippen molar-refractivity contribution in [3.8, 4) is 0 Å². The first-order valence-corrected chi connectivity index (χ1v) is 6.97. The van der Waals surface area contributed by atoms with E-state index in [1.54, 1.807) is 18.4 Å². The van der Waals surface area contributed by atoms with E-state index in [0.717, 1.165) is 0 Å². The molecule has 2 unspecified atom stereocenters. The maximum Gasteiger partial charge on any atom is 0.224 e. The van der Waals surface area contributed by atoms with E-state index < -0.39 is 0 Å². The van der Waals surface area contributed by atoms with Gasteiger partial charge in [0.15, 0.2) is 0 Å². The van der Waals surface area contributed by atoms with Gasteiger partial charge in [-0.2, -0.15) is 0 Å². The molecule has 18 heavy (non-hydrogen) atoms. The van der Waals surface area contributed by atoms with Crippen LogP contribution >= 0.6 is 11.3 Å². The second-order valence-corrected chi connectivity index (χ2v) is 6.22. The average molecular weight is 268 g/mol. The molecule has 1 saturated heterocycles. The molecule has 1 amide bonds. The lowest BCUT2D eigenvalue weighted by Gasteiger charge is -2.26. The van der Waals surface area contributed by atoms with E-state index in [0.29, 0.717) is 19.6 Å². The van der Waals surface area contributed by atoms with Crippen LogP contribution in [0.5, 0.6) is 0 Å². The maximum atomic E-state index is 12.0. The fourth-order valence-corrected chi connectivity index (χ4v) is 3.58. The Labute approximate surface area is 112 Å². The number of likely N-dealkylation sites (tertiary alicyclic amines) is 1. The van der Waals surface area contributed by atoms with Crippen molar-refractivity contribution in [2.24, 2.45) is 5.73 Å². The zero-order chi connectivity index (χ0) is 13.3. The van der Waals surface area contributed by atoms with Crippen molar-refractivity contribution in [3.05, 3.63) is 21.4 Å². The molecule has 0 aromatic carbocycles. The van der Waals surface area contributed by atoms with Gasteiger partial charge in [0, 0.05) is 35.9 Å². The number of carbonyl (C=O) groups is 1. The Morgan fingerprint density at radius 1 is 1.56 bits per heavy atom. The fourth-order valence-electron chi connectivity index (χ4n) is 2.61. The predicted octanol–water partition coefficient (Wildman–Crippen LogP) is 1.61. The summed E-state index contributed by atoms with van der Waals surface area (Å²) < 4.78 is 5.07. The topological polar surface area (TPSA) is 55.6 Å². The molecule has 2 heterocycles. The van der Waals surface area contributed by atoms with Crippen LogP contribution in [0.2, 0.25) is 0 Å². The molecule has 2 N–H and O–H groups in total. The van der Waals surface area contributed by atoms with Crippen molar-refractivity contribution in [2.75, 3.05) is 20.3 Å². The van der Waals surface area contributed by atoms with Gasteiger partial charge in [-0.1, -0.05) is 0 Å². The summed E-state index contributed by atoms with van der Waals surface area (Å²) in [6.07, 6.45) is 0.433. The first-order valence-electron chi connectivity index (χ1n) is 6.15. The lowest BCUT2D eigenvalue weighted by atomic mass is 10.0. The smallest absolute Gasteiger partial charge is 0.224 e. The largest absolute Gasteiger partial charge is 0.383 e. The highest BCUT2D eigenvalue weighted by molar-refractivity contribution is 7.12. The second-order valence-electron chi connectivity index (χ2n) is 4.76. The number of ether oxygens (including phenoxy) is 1. The summed E-state index contributed by atoms with van der Waals surface area (Å²) in [7, 11) is 1.65. The van der Waals surface area contributed by atoms with E-state index in [2.05, 4.69) is 19.9 Å². The van der Waals surface area contributed by atoms with E-state index in [9.17, 15) is 4.79 Å². The van der Waals surface area contributed by atoms with Gasteiger partial charge in [0.2, 0.25) is 5.91 Å². The van der Waals surface area contributed by atoms with Crippen LogP contribution in [0.1, 0.15) is 27.8 Å². The van der Waals surface area contributed by atoms with Crippen LogP contribution in [0.15, 0.2) is 6.07 Å². The number of hydrogen-bond donors (Lipinski definition) is 1. The van der Waals surface area contributed by atoms with Gasteiger partial charge >= 0.3 is 0 Å². The lowest BCUT2D eigenvalue weighted by Crippen LogP contribution is -2.35. The number of rotatable bonds is 4. The van der Waals surface area contributed by atoms with Crippen LogP contribution in [0, 0.1) is 13.8 Å². The van der Waals surface area contributed by atoms with Crippen LogP contribution in [-0.2, 0) is 9.53 Å². The van der Waals surface area contributed by atoms with Crippen molar-refractivity contribution < 1.29 is 9.53 Å². The summed E-state index contributed by atoms with van der Waals surface area (Å²) >= 11 is 1.76. The van der Waals surface area contributed by atoms with E-state index >= 15 is 0 Å². The number of amides is 1. The molecule has 1 aromatic rings. The van der Waals surface area contributed by atoms with Crippen LogP contribution < -0.4 is 5.73 Å². The Morgan fingerprint density at radius 2 is 2.28 bits per heavy atom. The summed E-state index contributed by atoms with van der Waals surface area (Å²) in [6.45, 7) is 5.35. The number of nitrogens with zero attached hydrogens (tertiary/aromatic N) is 1. The monoisotopic (exact) mass is 268 g/mol. The molecule has 1 aromatic heterocycles. The standard InChI is InChI=1S/C13H20N2O2S/c1-8-6-10(9(2)18-8)13-11(14)7-12(16)15(13)4-5-17-3/h6,11,13H,4-5,7,14H2,1-3H3. The van der Waals surface area contributed by atoms with Gasteiger partial charge in [-0.25, -0.2) is 0 Å². The Morgan fingerprint density at radius 3 is 2.83 bits per heavy atom. The minimum absolute atomic E-state index is 0.0117. The SMILES string of the molecule is COCCN1C(=O)CC(N)C1c1cc(C)sc1C. The molecular formula is C13H20N2O2S. The molecular weight excluding hydrogens is 248 g/mol. The predicted molar refractivity (Wildman–Crippen MR) is 72.7 cm³/mol. The van der Waals surface area contributed by atoms with Gasteiger partial charge in [-0.05, 0) is 25.5 Å². The zero-order valence-corrected chi connectivity index (χ0v) is 11.9. The summed E-state index contributed by atoms with van der Waals surface area (Å²) in [5, 5.41) is 0. The molecule has 0 aliphatic carbocycles. The zero-order valence-electron chi connectivity index (χ0n) is 11.1. The Hall–Kier alpha value is -0.910. The molecule has 0 bridgehead atoms. The van der Waals surface area contributed by atoms with E-state index in [4.69, 9.17) is 10.5 Å². The highest BCUT2D eigenvalue weighted by atomic mass is 32.1. The maximum absolute atomic E-state index is 12.0. The first kappa shape index (κ1) is 13.5. The van der Waals surface area contributed by atoms with Crippen molar-refractivity contribution in [3.63, 3.8) is 0 Å². The molecule has 4 nitrogen and oxygen atoms in total. The number of aryl methyl sites for hydroxylation is 2. The summed E-state index contributed by atoms with van der Waals surface area (Å²) in [5.41, 5.74) is 7.34. The molecule has 0 saturated carbocycles. The normalized spacial score (nSPS) is 24.0. The van der Waals surface area contributed by atoms with Crippen LogP contribution in [0.4, 0.5) is 0 Å². The molecule has 2 atom stereocenters.